The molecule has 0 radical (unpaired) electrons. The van der Waals surface area contributed by atoms with E-state index in [4.69, 9.17) is 15.5 Å². The first-order valence-electron chi connectivity index (χ1n) is 12.2. The molecule has 0 spiro atoms. The molecule has 0 unspecified atom stereocenters. The van der Waals surface area contributed by atoms with Crippen LogP contribution in [0.2, 0.25) is 0 Å². The first-order valence-corrected chi connectivity index (χ1v) is 12.2. The Labute approximate surface area is 209 Å². The van der Waals surface area contributed by atoms with E-state index in [2.05, 4.69) is 16.0 Å². The molecule has 2 heterocycles. The number of pyridine rings is 1. The number of carbonyl (C=O) groups excluding carboxylic acids is 3. The summed E-state index contributed by atoms with van der Waals surface area (Å²) >= 11 is 0. The molecule has 1 aromatic carbocycles. The number of anilines is 2. The first kappa shape index (κ1) is 25.2. The molecule has 10 heteroatoms. The first-order chi connectivity index (χ1) is 17.4. The fraction of sp³-hybridized carbons (Fsp3) is 0.385. The summed E-state index contributed by atoms with van der Waals surface area (Å²) in [4.78, 5) is 41.5. The second-order valence-electron chi connectivity index (χ2n) is 8.93. The van der Waals surface area contributed by atoms with E-state index >= 15 is 0 Å². The van der Waals surface area contributed by atoms with Crippen molar-refractivity contribution in [3.05, 3.63) is 48.2 Å². The second kappa shape index (κ2) is 11.2. The second-order valence-corrected chi connectivity index (χ2v) is 8.93. The van der Waals surface area contributed by atoms with Gasteiger partial charge in [0, 0.05) is 36.5 Å². The molecule has 3 aromatic rings. The van der Waals surface area contributed by atoms with Crippen molar-refractivity contribution in [2.75, 3.05) is 23.8 Å². The minimum Gasteiger partial charge on any atom is -0.465 e. The summed E-state index contributed by atoms with van der Waals surface area (Å²) < 4.78 is 6.83. The van der Waals surface area contributed by atoms with Crippen LogP contribution in [0.15, 0.2) is 42.6 Å². The van der Waals surface area contributed by atoms with Gasteiger partial charge in [0.15, 0.2) is 5.65 Å². The maximum atomic E-state index is 13.2. The largest absolute Gasteiger partial charge is 0.465 e. The van der Waals surface area contributed by atoms with E-state index in [1.165, 1.54) is 6.92 Å². The maximum Gasteiger partial charge on any atom is 0.325 e. The van der Waals surface area contributed by atoms with Gasteiger partial charge in [0.2, 0.25) is 5.91 Å². The molecule has 36 heavy (non-hydrogen) atoms. The maximum absolute atomic E-state index is 13.2. The van der Waals surface area contributed by atoms with E-state index in [1.807, 2.05) is 12.1 Å². The molecule has 0 atom stereocenters. The highest BCUT2D eigenvalue weighted by atomic mass is 16.5. The lowest BCUT2D eigenvalue weighted by Crippen LogP contribution is -2.40. The molecule has 0 saturated heterocycles. The van der Waals surface area contributed by atoms with Crippen LogP contribution in [-0.2, 0) is 14.3 Å². The quantitative estimate of drug-likeness (QED) is 0.355. The molecule has 5 N–H and O–H groups in total. The van der Waals surface area contributed by atoms with E-state index in [-0.39, 0.29) is 37.0 Å². The van der Waals surface area contributed by atoms with Crippen molar-refractivity contribution >= 4 is 34.9 Å². The Kier molecular flexibility index (Phi) is 7.84. The van der Waals surface area contributed by atoms with Gasteiger partial charge in [-0.25, -0.2) is 4.98 Å². The van der Waals surface area contributed by atoms with Gasteiger partial charge in [0.05, 0.1) is 12.2 Å². The van der Waals surface area contributed by atoms with Crippen LogP contribution in [0.4, 0.5) is 11.5 Å². The Hall–Kier alpha value is -3.92. The number of aromatic nitrogens is 2. The van der Waals surface area contributed by atoms with Gasteiger partial charge in [-0.1, -0.05) is 12.1 Å². The molecule has 0 aliphatic heterocycles. The lowest BCUT2D eigenvalue weighted by molar-refractivity contribution is -0.140. The van der Waals surface area contributed by atoms with Gasteiger partial charge in [0.25, 0.3) is 5.91 Å². The number of nitrogens with two attached hydrogens (primary N) is 1. The highest BCUT2D eigenvalue weighted by Gasteiger charge is 2.24. The van der Waals surface area contributed by atoms with Crippen LogP contribution >= 0.6 is 0 Å². The van der Waals surface area contributed by atoms with Crippen LogP contribution in [0, 0.1) is 0 Å². The average Bonchev–Trinajstić information content (AvgIpc) is 3.23. The summed E-state index contributed by atoms with van der Waals surface area (Å²) in [6, 6.07) is 11.0. The minimum absolute atomic E-state index is 0.0582. The monoisotopic (exact) mass is 492 g/mol. The molecule has 1 aliphatic rings. The summed E-state index contributed by atoms with van der Waals surface area (Å²) in [6.07, 6.45) is 5.27. The number of carbonyl (C=O) groups is 3. The van der Waals surface area contributed by atoms with Crippen LogP contribution in [-0.4, -0.2) is 52.4 Å². The lowest BCUT2D eigenvalue weighted by Gasteiger charge is -2.26. The predicted molar refractivity (Wildman–Crippen MR) is 138 cm³/mol. The van der Waals surface area contributed by atoms with Crippen LogP contribution in [0.3, 0.4) is 0 Å². The minimum atomic E-state index is -0.399. The summed E-state index contributed by atoms with van der Waals surface area (Å²) in [5, 5.41) is 9.00. The molecule has 1 fully saturated rings. The predicted octanol–water partition coefficient (Wildman–Crippen LogP) is 2.93. The Morgan fingerprint density at radius 1 is 1.11 bits per heavy atom. The summed E-state index contributed by atoms with van der Waals surface area (Å²) in [6.45, 7) is 3.42. The molecule has 0 bridgehead atoms. The third-order valence-corrected chi connectivity index (χ3v) is 6.19. The molecule has 2 aromatic heterocycles. The zero-order valence-corrected chi connectivity index (χ0v) is 20.5. The van der Waals surface area contributed by atoms with Crippen LogP contribution in [0.5, 0.6) is 0 Å². The molecule has 1 saturated carbocycles. The van der Waals surface area contributed by atoms with E-state index in [9.17, 15) is 14.4 Å². The Morgan fingerprint density at radius 3 is 2.50 bits per heavy atom. The third kappa shape index (κ3) is 5.83. The number of amides is 2. The van der Waals surface area contributed by atoms with Crippen LogP contribution in [0.1, 0.15) is 49.9 Å². The van der Waals surface area contributed by atoms with Crippen molar-refractivity contribution < 1.29 is 19.1 Å². The molecule has 190 valence electrons. The highest BCUT2D eigenvalue weighted by Crippen LogP contribution is 2.31. The van der Waals surface area contributed by atoms with Gasteiger partial charge < -0.3 is 26.4 Å². The fourth-order valence-electron chi connectivity index (χ4n) is 4.42. The number of benzene rings is 1. The smallest absolute Gasteiger partial charge is 0.325 e. The lowest BCUT2D eigenvalue weighted by atomic mass is 9.91. The topological polar surface area (TPSA) is 140 Å². The molecular formula is C26H32N6O4. The number of rotatable bonds is 8. The number of nitrogens with zero attached hydrogens (tertiary/aromatic N) is 2. The average molecular weight is 493 g/mol. The van der Waals surface area contributed by atoms with E-state index < -0.39 is 5.97 Å². The Balaban J connectivity index is 1.69. The number of nitrogens with one attached hydrogen (secondary N) is 3. The van der Waals surface area contributed by atoms with Gasteiger partial charge in [-0.15, -0.1) is 0 Å². The third-order valence-electron chi connectivity index (χ3n) is 6.19. The van der Waals surface area contributed by atoms with Gasteiger partial charge in [-0.05, 0) is 56.9 Å². The van der Waals surface area contributed by atoms with Gasteiger partial charge in [-0.2, -0.15) is 0 Å². The summed E-state index contributed by atoms with van der Waals surface area (Å²) in [5.74, 6) is -0.203. The SMILES string of the molecule is CCOC(=O)CNc1c(-c2ccc(NC(C)=O)cc2)nc2c(C(=O)NC3CCC(N)CC3)cccn12. The molecular weight excluding hydrogens is 460 g/mol. The van der Waals surface area contributed by atoms with E-state index in [1.54, 1.807) is 41.8 Å². The van der Waals surface area contributed by atoms with Crippen molar-refractivity contribution in [2.24, 2.45) is 5.73 Å². The van der Waals surface area contributed by atoms with Crippen LogP contribution < -0.4 is 21.7 Å². The van der Waals surface area contributed by atoms with Crippen molar-refractivity contribution in [3.63, 3.8) is 0 Å². The molecule has 2 amide bonds. The fourth-order valence-corrected chi connectivity index (χ4v) is 4.42. The zero-order valence-electron chi connectivity index (χ0n) is 20.5. The molecule has 10 nitrogen and oxygen atoms in total. The van der Waals surface area contributed by atoms with E-state index in [0.717, 1.165) is 31.2 Å². The number of ether oxygens (including phenoxy) is 1. The number of imidazole rings is 1. The Bertz CT molecular complexity index is 1250. The number of hydrogen-bond donors (Lipinski definition) is 4. The van der Waals surface area contributed by atoms with Gasteiger partial charge >= 0.3 is 5.97 Å². The summed E-state index contributed by atoms with van der Waals surface area (Å²) in [5.41, 5.74) is 8.89. The van der Waals surface area contributed by atoms with Crippen molar-refractivity contribution in [2.45, 2.75) is 51.6 Å². The van der Waals surface area contributed by atoms with Crippen molar-refractivity contribution in [1.29, 1.82) is 0 Å². The van der Waals surface area contributed by atoms with E-state index in [0.29, 0.717) is 28.4 Å². The molecule has 1 aliphatic carbocycles. The molecule has 4 rings (SSSR count). The standard InChI is InChI=1S/C26H32N6O4/c1-3-36-22(34)15-28-25-23(17-6-10-19(11-7-17)29-16(2)33)31-24-21(5-4-14-32(24)25)26(35)30-20-12-8-18(27)9-13-20/h4-7,10-11,14,18,20,28H,3,8-9,12-13,15,27H2,1-2H3,(H,29,33)(H,30,35). The van der Waals surface area contributed by atoms with Crippen molar-refractivity contribution in [1.82, 2.24) is 14.7 Å². The number of hydrogen-bond acceptors (Lipinski definition) is 7. The van der Waals surface area contributed by atoms with Gasteiger partial charge in [0.1, 0.15) is 18.1 Å². The number of esters is 1. The number of fused-ring (bicyclic) bond motifs is 1. The van der Waals surface area contributed by atoms with Gasteiger partial charge in [-0.3, -0.25) is 18.8 Å². The van der Waals surface area contributed by atoms with Crippen molar-refractivity contribution in [3.8, 4) is 11.3 Å². The van der Waals surface area contributed by atoms with Crippen LogP contribution in [0.25, 0.3) is 16.9 Å². The summed E-state index contributed by atoms with van der Waals surface area (Å²) in [7, 11) is 0. The Morgan fingerprint density at radius 2 is 1.83 bits per heavy atom. The normalized spacial score (nSPS) is 17.4. The zero-order chi connectivity index (χ0) is 25.7. The highest BCUT2D eigenvalue weighted by molar-refractivity contribution is 6.01.